The topological polar surface area (TPSA) is 41.1 Å². The fraction of sp³-hybridized carbons (Fsp3) is 0.316. The van der Waals surface area contributed by atoms with Crippen molar-refractivity contribution in [3.8, 4) is 0 Å². The quantitative estimate of drug-likeness (QED) is 0.829. The van der Waals surface area contributed by atoms with Gasteiger partial charge in [0.05, 0.1) is 6.04 Å². The largest absolute Gasteiger partial charge is 0.336 e. The average Bonchev–Trinajstić information content (AvgIpc) is 2.54. The van der Waals surface area contributed by atoms with Crippen LogP contribution in [0.1, 0.15) is 37.4 Å². The molecule has 2 aromatic carbocycles. The molecule has 2 unspecified atom stereocenters. The van der Waals surface area contributed by atoms with Gasteiger partial charge < -0.3 is 10.6 Å². The lowest BCUT2D eigenvalue weighted by Gasteiger charge is -2.18. The van der Waals surface area contributed by atoms with Crippen LogP contribution >= 0.6 is 0 Å². The molecular weight excluding hydrogens is 272 g/mol. The van der Waals surface area contributed by atoms with Crippen molar-refractivity contribution in [2.75, 3.05) is 0 Å². The van der Waals surface area contributed by atoms with Crippen molar-refractivity contribution in [1.82, 2.24) is 10.6 Å². The van der Waals surface area contributed by atoms with Crippen molar-refractivity contribution in [1.29, 1.82) is 0 Å². The van der Waals surface area contributed by atoms with E-state index in [0.717, 1.165) is 18.4 Å². The van der Waals surface area contributed by atoms with Gasteiger partial charge >= 0.3 is 6.03 Å². The van der Waals surface area contributed by atoms with E-state index in [1.165, 1.54) is 5.56 Å². The fourth-order valence-corrected chi connectivity index (χ4v) is 2.39. The van der Waals surface area contributed by atoms with E-state index in [4.69, 9.17) is 0 Å². The van der Waals surface area contributed by atoms with E-state index in [2.05, 4.69) is 22.8 Å². The van der Waals surface area contributed by atoms with Gasteiger partial charge in [0.1, 0.15) is 0 Å². The van der Waals surface area contributed by atoms with Crippen molar-refractivity contribution in [2.45, 2.75) is 38.8 Å². The van der Waals surface area contributed by atoms with E-state index in [0.29, 0.717) is 0 Å². The number of carbonyl (C=O) groups excluding carboxylic acids is 1. The van der Waals surface area contributed by atoms with Crippen LogP contribution in [-0.4, -0.2) is 12.1 Å². The first-order valence-electron chi connectivity index (χ1n) is 7.81. The second kappa shape index (κ2) is 8.23. The van der Waals surface area contributed by atoms with E-state index in [1.807, 2.05) is 62.4 Å². The van der Waals surface area contributed by atoms with Gasteiger partial charge in [0.15, 0.2) is 0 Å². The van der Waals surface area contributed by atoms with Crippen LogP contribution < -0.4 is 10.6 Å². The van der Waals surface area contributed by atoms with Gasteiger partial charge in [-0.25, -0.2) is 4.79 Å². The Balaban J connectivity index is 1.74. The van der Waals surface area contributed by atoms with Crippen molar-refractivity contribution in [3.63, 3.8) is 0 Å². The Bertz CT molecular complexity index is 569. The molecule has 0 spiro atoms. The number of aryl methyl sites for hydroxylation is 1. The smallest absolute Gasteiger partial charge is 0.315 e. The molecular formula is C19H24N2O. The summed E-state index contributed by atoms with van der Waals surface area (Å²) in [6, 6.07) is 20.3. The summed E-state index contributed by atoms with van der Waals surface area (Å²) < 4.78 is 0. The summed E-state index contributed by atoms with van der Waals surface area (Å²) in [5, 5.41) is 5.98. The zero-order chi connectivity index (χ0) is 15.8. The summed E-state index contributed by atoms with van der Waals surface area (Å²) in [6.07, 6.45) is 1.90. The number of carbonyl (C=O) groups is 1. The molecule has 0 radical (unpaired) electrons. The third-order valence-electron chi connectivity index (χ3n) is 3.73. The van der Waals surface area contributed by atoms with E-state index in [9.17, 15) is 4.79 Å². The number of hydrogen-bond acceptors (Lipinski definition) is 1. The van der Waals surface area contributed by atoms with Crippen LogP contribution in [0, 0.1) is 0 Å². The van der Waals surface area contributed by atoms with Crippen LogP contribution in [0.2, 0.25) is 0 Å². The molecule has 2 aromatic rings. The number of urea groups is 1. The number of benzene rings is 2. The third-order valence-corrected chi connectivity index (χ3v) is 3.73. The van der Waals surface area contributed by atoms with Gasteiger partial charge in [-0.1, -0.05) is 60.7 Å². The van der Waals surface area contributed by atoms with Gasteiger partial charge in [0, 0.05) is 6.04 Å². The number of nitrogens with one attached hydrogen (secondary N) is 2. The molecule has 2 amide bonds. The van der Waals surface area contributed by atoms with Crippen molar-refractivity contribution in [2.24, 2.45) is 0 Å². The van der Waals surface area contributed by atoms with E-state index in [1.54, 1.807) is 0 Å². The highest BCUT2D eigenvalue weighted by Gasteiger charge is 2.11. The first-order chi connectivity index (χ1) is 10.6. The van der Waals surface area contributed by atoms with E-state index < -0.39 is 0 Å². The van der Waals surface area contributed by atoms with E-state index in [-0.39, 0.29) is 18.1 Å². The summed E-state index contributed by atoms with van der Waals surface area (Å²) in [7, 11) is 0. The first-order valence-corrected chi connectivity index (χ1v) is 7.81. The molecule has 0 aliphatic rings. The molecule has 116 valence electrons. The second-order valence-electron chi connectivity index (χ2n) is 5.68. The zero-order valence-electron chi connectivity index (χ0n) is 13.3. The summed E-state index contributed by atoms with van der Waals surface area (Å²) in [4.78, 5) is 12.0. The predicted molar refractivity (Wildman–Crippen MR) is 90.7 cm³/mol. The van der Waals surface area contributed by atoms with Crippen molar-refractivity contribution in [3.05, 3.63) is 71.8 Å². The lowest BCUT2D eigenvalue weighted by molar-refractivity contribution is 0.234. The van der Waals surface area contributed by atoms with Crippen LogP contribution in [0.5, 0.6) is 0 Å². The molecule has 0 aliphatic carbocycles. The lowest BCUT2D eigenvalue weighted by atomic mass is 10.1. The molecule has 2 atom stereocenters. The Morgan fingerprint density at radius 1 is 0.909 bits per heavy atom. The SMILES string of the molecule is CC(CCc1ccccc1)NC(=O)NC(C)c1ccccc1. The maximum Gasteiger partial charge on any atom is 0.315 e. The van der Waals surface area contributed by atoms with Gasteiger partial charge in [-0.05, 0) is 37.8 Å². The summed E-state index contributed by atoms with van der Waals surface area (Å²) in [5.74, 6) is 0. The molecule has 2 N–H and O–H groups in total. The standard InChI is InChI=1S/C19H24N2O/c1-15(13-14-17-9-5-3-6-10-17)20-19(22)21-16(2)18-11-7-4-8-12-18/h3-12,15-16H,13-14H2,1-2H3,(H2,20,21,22). The molecule has 0 aliphatic heterocycles. The molecule has 22 heavy (non-hydrogen) atoms. The first kappa shape index (κ1) is 16.1. The normalized spacial score (nSPS) is 13.2. The average molecular weight is 296 g/mol. The maximum atomic E-state index is 12.0. The van der Waals surface area contributed by atoms with Gasteiger partial charge in [0.25, 0.3) is 0 Å². The number of amides is 2. The summed E-state index contributed by atoms with van der Waals surface area (Å²) in [5.41, 5.74) is 2.41. The van der Waals surface area contributed by atoms with Gasteiger partial charge in [-0.2, -0.15) is 0 Å². The molecule has 0 heterocycles. The fourth-order valence-electron chi connectivity index (χ4n) is 2.39. The van der Waals surface area contributed by atoms with Gasteiger partial charge in [0.2, 0.25) is 0 Å². The summed E-state index contributed by atoms with van der Waals surface area (Å²) >= 11 is 0. The second-order valence-corrected chi connectivity index (χ2v) is 5.68. The predicted octanol–water partition coefficient (Wildman–Crippen LogP) is 4.07. The molecule has 0 fully saturated rings. The van der Waals surface area contributed by atoms with Gasteiger partial charge in [-0.15, -0.1) is 0 Å². The Labute approximate surface area is 132 Å². The third kappa shape index (κ3) is 5.24. The highest BCUT2D eigenvalue weighted by Crippen LogP contribution is 2.11. The minimum atomic E-state index is -0.114. The van der Waals surface area contributed by atoms with Gasteiger partial charge in [-0.3, -0.25) is 0 Å². The lowest BCUT2D eigenvalue weighted by Crippen LogP contribution is -2.41. The Morgan fingerprint density at radius 3 is 2.14 bits per heavy atom. The van der Waals surface area contributed by atoms with E-state index >= 15 is 0 Å². The number of rotatable bonds is 6. The van der Waals surface area contributed by atoms with Crippen LogP contribution in [0.15, 0.2) is 60.7 Å². The Hall–Kier alpha value is -2.29. The van der Waals surface area contributed by atoms with Crippen LogP contribution in [0.25, 0.3) is 0 Å². The molecule has 0 bridgehead atoms. The van der Waals surface area contributed by atoms with Crippen LogP contribution in [-0.2, 0) is 6.42 Å². The van der Waals surface area contributed by atoms with Crippen LogP contribution in [0.3, 0.4) is 0 Å². The highest BCUT2D eigenvalue weighted by molar-refractivity contribution is 5.74. The molecule has 0 saturated carbocycles. The van der Waals surface area contributed by atoms with Crippen molar-refractivity contribution < 1.29 is 4.79 Å². The summed E-state index contributed by atoms with van der Waals surface area (Å²) in [6.45, 7) is 4.03. The number of hydrogen-bond donors (Lipinski definition) is 2. The molecule has 3 nitrogen and oxygen atoms in total. The minimum absolute atomic E-state index is 0.00234. The molecule has 2 rings (SSSR count). The minimum Gasteiger partial charge on any atom is -0.336 e. The Morgan fingerprint density at radius 2 is 1.50 bits per heavy atom. The van der Waals surface area contributed by atoms with Crippen LogP contribution in [0.4, 0.5) is 4.79 Å². The zero-order valence-corrected chi connectivity index (χ0v) is 13.3. The Kier molecular flexibility index (Phi) is 6.01. The monoisotopic (exact) mass is 296 g/mol. The molecule has 3 heteroatoms. The molecule has 0 saturated heterocycles. The highest BCUT2D eigenvalue weighted by atomic mass is 16.2. The maximum absolute atomic E-state index is 12.0. The van der Waals surface area contributed by atoms with Crippen molar-refractivity contribution >= 4 is 6.03 Å². The molecule has 0 aromatic heterocycles.